The molecular weight excluding hydrogens is 550 g/mol. The highest BCUT2D eigenvalue weighted by molar-refractivity contribution is 5.69. The van der Waals surface area contributed by atoms with E-state index in [9.17, 15) is 0 Å². The van der Waals surface area contributed by atoms with Crippen LogP contribution in [-0.4, -0.2) is 24.7 Å². The molecule has 0 fully saturated rings. The number of benzene rings is 4. The molecule has 0 heterocycles. The highest BCUT2D eigenvalue weighted by atomic mass is 16.5. The van der Waals surface area contributed by atoms with Gasteiger partial charge in [0.05, 0.1) is 0 Å². The van der Waals surface area contributed by atoms with E-state index in [0.29, 0.717) is 13.2 Å². The molecule has 0 atom stereocenters. The van der Waals surface area contributed by atoms with Crippen molar-refractivity contribution in [3.05, 3.63) is 181 Å². The molecule has 0 aliphatic heterocycles. The first-order chi connectivity index (χ1) is 22.1. The molecule has 3 nitrogen and oxygen atoms in total. The molecule has 0 unspecified atom stereocenters. The minimum Gasteiger partial charge on any atom is -0.348 e. The Hall–Kier alpha value is -4.70. The van der Waals surface area contributed by atoms with Crippen LogP contribution in [0.3, 0.4) is 0 Å². The first kappa shape index (κ1) is 30.3. The zero-order valence-electron chi connectivity index (χ0n) is 26.1. The Morgan fingerprint density at radius 3 is 1.36 bits per heavy atom. The van der Waals surface area contributed by atoms with Gasteiger partial charge in [0.25, 0.3) is 0 Å². The second-order valence-corrected chi connectivity index (χ2v) is 11.4. The van der Waals surface area contributed by atoms with Crippen molar-refractivity contribution in [2.75, 3.05) is 18.1 Å². The first-order valence-electron chi connectivity index (χ1n) is 15.9. The second kappa shape index (κ2) is 13.5. The smallest absolute Gasteiger partial charge is 0.182 e. The summed E-state index contributed by atoms with van der Waals surface area (Å²) in [6, 6.07) is 38.3. The largest absolute Gasteiger partial charge is 0.348 e. The molecule has 0 spiro atoms. The summed E-state index contributed by atoms with van der Waals surface area (Å²) in [5.74, 6) is 0.316. The third kappa shape index (κ3) is 6.28. The number of ether oxygens (including phenoxy) is 2. The molecule has 0 aromatic heterocycles. The van der Waals surface area contributed by atoms with E-state index in [-0.39, 0.29) is 11.8 Å². The Bertz CT molecular complexity index is 1570. The molecule has 0 saturated heterocycles. The maximum Gasteiger partial charge on any atom is 0.182 e. The third-order valence-electron chi connectivity index (χ3n) is 8.59. The van der Waals surface area contributed by atoms with E-state index in [0.717, 1.165) is 22.4 Å². The predicted octanol–water partition coefficient (Wildman–Crippen LogP) is 10.1. The molecule has 45 heavy (non-hydrogen) atoms. The number of hydrogen-bond donors (Lipinski definition) is 0. The monoisotopic (exact) mass is 591 g/mol. The van der Waals surface area contributed by atoms with E-state index in [1.165, 1.54) is 11.1 Å². The third-order valence-corrected chi connectivity index (χ3v) is 8.59. The van der Waals surface area contributed by atoms with Gasteiger partial charge < -0.3 is 14.4 Å². The van der Waals surface area contributed by atoms with Gasteiger partial charge >= 0.3 is 0 Å². The van der Waals surface area contributed by atoms with Gasteiger partial charge in [-0.2, -0.15) is 0 Å². The van der Waals surface area contributed by atoms with Crippen LogP contribution in [0.2, 0.25) is 0 Å². The summed E-state index contributed by atoms with van der Waals surface area (Å²) in [7, 11) is 0. The quantitative estimate of drug-likeness (QED) is 0.128. The van der Waals surface area contributed by atoms with Crippen LogP contribution in [0.4, 0.5) is 5.69 Å². The van der Waals surface area contributed by atoms with Crippen molar-refractivity contribution in [2.45, 2.75) is 37.1 Å². The van der Waals surface area contributed by atoms with Gasteiger partial charge in [0, 0.05) is 30.7 Å². The molecule has 4 aromatic rings. The van der Waals surface area contributed by atoms with Crippen LogP contribution in [0, 0.1) is 0 Å². The maximum absolute atomic E-state index is 6.74. The van der Waals surface area contributed by atoms with Crippen molar-refractivity contribution in [3.8, 4) is 11.1 Å². The fourth-order valence-electron chi connectivity index (χ4n) is 6.37. The van der Waals surface area contributed by atoms with Crippen LogP contribution in [0.5, 0.6) is 0 Å². The summed E-state index contributed by atoms with van der Waals surface area (Å²) in [6.45, 7) is 9.03. The molecular formula is C42H41NO2. The van der Waals surface area contributed by atoms with E-state index in [1.807, 2.05) is 19.9 Å². The van der Waals surface area contributed by atoms with Crippen LogP contribution in [0.15, 0.2) is 164 Å². The van der Waals surface area contributed by atoms with Crippen molar-refractivity contribution in [2.24, 2.45) is 0 Å². The van der Waals surface area contributed by atoms with Crippen LogP contribution in [0.25, 0.3) is 17.2 Å². The SMILES string of the molecule is C=Cc1ccc(-c2ccc(N(C3(OCC)C=CC(c4ccccc4)C=C3)C3(OCC)C=CC(c4ccccc4)C=C3)cc2)cc1. The Morgan fingerprint density at radius 1 is 0.578 bits per heavy atom. The lowest BCUT2D eigenvalue weighted by Crippen LogP contribution is -2.61. The average Bonchev–Trinajstić information content (AvgIpc) is 3.10. The molecule has 3 heteroatoms. The number of allylic oxidation sites excluding steroid dienone is 4. The molecule has 2 aliphatic carbocycles. The lowest BCUT2D eigenvalue weighted by atomic mass is 9.87. The number of rotatable bonds is 11. The van der Waals surface area contributed by atoms with Crippen LogP contribution >= 0.6 is 0 Å². The van der Waals surface area contributed by atoms with Crippen molar-refractivity contribution >= 4 is 11.8 Å². The lowest BCUT2D eigenvalue weighted by molar-refractivity contribution is -0.0406. The summed E-state index contributed by atoms with van der Waals surface area (Å²) in [4.78, 5) is 2.28. The van der Waals surface area contributed by atoms with Crippen LogP contribution in [-0.2, 0) is 9.47 Å². The molecule has 226 valence electrons. The summed E-state index contributed by atoms with van der Waals surface area (Å²) in [5, 5.41) is 0. The van der Waals surface area contributed by atoms with Gasteiger partial charge in [-0.1, -0.05) is 134 Å². The van der Waals surface area contributed by atoms with E-state index in [1.54, 1.807) is 0 Å². The molecule has 0 N–H and O–H groups in total. The Balaban J connectivity index is 1.45. The summed E-state index contributed by atoms with van der Waals surface area (Å²) in [5.41, 5.74) is 5.10. The van der Waals surface area contributed by atoms with E-state index in [2.05, 4.69) is 169 Å². The predicted molar refractivity (Wildman–Crippen MR) is 188 cm³/mol. The van der Waals surface area contributed by atoms with E-state index >= 15 is 0 Å². The topological polar surface area (TPSA) is 21.7 Å². The Kier molecular flexibility index (Phi) is 9.11. The van der Waals surface area contributed by atoms with Gasteiger partial charge in [0.1, 0.15) is 0 Å². The maximum atomic E-state index is 6.74. The normalized spacial score (nSPS) is 23.6. The molecule has 0 saturated carbocycles. The number of nitrogens with zero attached hydrogens (tertiary/aromatic N) is 1. The highest BCUT2D eigenvalue weighted by Gasteiger charge is 2.47. The molecule has 2 aliphatic rings. The molecule has 4 aromatic carbocycles. The van der Waals surface area contributed by atoms with Gasteiger partial charge in [0.15, 0.2) is 11.4 Å². The van der Waals surface area contributed by atoms with Gasteiger partial charge in [-0.15, -0.1) is 0 Å². The van der Waals surface area contributed by atoms with Crippen molar-refractivity contribution < 1.29 is 9.47 Å². The van der Waals surface area contributed by atoms with Crippen molar-refractivity contribution in [3.63, 3.8) is 0 Å². The van der Waals surface area contributed by atoms with Gasteiger partial charge in [-0.05, 0) is 78.1 Å². The second-order valence-electron chi connectivity index (χ2n) is 11.4. The zero-order chi connectivity index (χ0) is 31.1. The summed E-state index contributed by atoms with van der Waals surface area (Å²) in [6.07, 6.45) is 19.6. The molecule has 6 rings (SSSR count). The average molecular weight is 592 g/mol. The number of hydrogen-bond acceptors (Lipinski definition) is 3. The lowest BCUT2D eigenvalue weighted by Gasteiger charge is -2.52. The highest BCUT2D eigenvalue weighted by Crippen LogP contribution is 2.43. The summed E-state index contributed by atoms with van der Waals surface area (Å²) >= 11 is 0. The van der Waals surface area contributed by atoms with E-state index in [4.69, 9.17) is 9.47 Å². The molecule has 0 amide bonds. The van der Waals surface area contributed by atoms with Crippen molar-refractivity contribution in [1.29, 1.82) is 0 Å². The van der Waals surface area contributed by atoms with Gasteiger partial charge in [-0.3, -0.25) is 0 Å². The Labute approximate surface area is 268 Å². The van der Waals surface area contributed by atoms with Gasteiger partial charge in [-0.25, -0.2) is 0 Å². The Morgan fingerprint density at radius 2 is 0.978 bits per heavy atom. The first-order valence-corrected chi connectivity index (χ1v) is 15.9. The van der Waals surface area contributed by atoms with Crippen LogP contribution in [0.1, 0.15) is 42.4 Å². The fourth-order valence-corrected chi connectivity index (χ4v) is 6.37. The minimum atomic E-state index is -0.892. The van der Waals surface area contributed by atoms with Crippen molar-refractivity contribution in [1.82, 2.24) is 0 Å². The molecule has 0 bridgehead atoms. The zero-order valence-corrected chi connectivity index (χ0v) is 26.1. The van der Waals surface area contributed by atoms with E-state index < -0.39 is 11.4 Å². The summed E-state index contributed by atoms with van der Waals surface area (Å²) < 4.78 is 13.5. The fraction of sp³-hybridized carbons (Fsp3) is 0.190. The standard InChI is InChI=1S/C42H41NO2/c1-4-33-17-19-36(20-18-33)37-21-23-40(24-22-37)43(41(44-5-2)29-25-38(26-30-41)34-13-9-7-10-14-34)42(45-6-3)31-27-39(28-32-42)35-15-11-8-12-16-35/h4,7-32,38-39H,1,5-6H2,2-3H3. The van der Waals surface area contributed by atoms with Crippen LogP contribution < -0.4 is 4.90 Å². The van der Waals surface area contributed by atoms with Gasteiger partial charge in [0.2, 0.25) is 0 Å². The number of anilines is 1. The molecule has 0 radical (unpaired) electrons. The minimum absolute atomic E-state index is 0.158.